The molecule has 0 aromatic heterocycles. The molecule has 1 saturated heterocycles. The first-order chi connectivity index (χ1) is 13.2. The molecule has 5 nitrogen and oxygen atoms in total. The van der Waals surface area contributed by atoms with Crippen LogP contribution in [-0.2, 0) is 9.47 Å². The van der Waals surface area contributed by atoms with Gasteiger partial charge in [0.25, 0.3) is 0 Å². The Morgan fingerprint density at radius 1 is 0.852 bits per heavy atom. The fourth-order valence-corrected chi connectivity index (χ4v) is 3.77. The molecule has 0 amide bonds. The van der Waals surface area contributed by atoms with Gasteiger partial charge in [-0.2, -0.15) is 0 Å². The van der Waals surface area contributed by atoms with Crippen LogP contribution in [0.3, 0.4) is 0 Å². The highest BCUT2D eigenvalue weighted by molar-refractivity contribution is 4.89. The van der Waals surface area contributed by atoms with Crippen molar-refractivity contribution in [2.75, 3.05) is 19.8 Å². The summed E-state index contributed by atoms with van der Waals surface area (Å²) in [6, 6.07) is 0. The Hall–Kier alpha value is -0.200. The number of aliphatic hydroxyl groups is 3. The predicted octanol–water partition coefficient (Wildman–Crippen LogP) is 3.97. The Bertz CT molecular complexity index is 326. The molecular weight excluding hydrogens is 344 g/mol. The van der Waals surface area contributed by atoms with E-state index in [-0.39, 0.29) is 13.2 Å². The van der Waals surface area contributed by atoms with Crippen molar-refractivity contribution in [2.45, 2.75) is 121 Å². The molecule has 5 heteroatoms. The van der Waals surface area contributed by atoms with Gasteiger partial charge >= 0.3 is 0 Å². The summed E-state index contributed by atoms with van der Waals surface area (Å²) in [5.74, 6) is 0. The van der Waals surface area contributed by atoms with Crippen LogP contribution in [0.2, 0.25) is 0 Å². The minimum Gasteiger partial charge on any atom is -0.394 e. The van der Waals surface area contributed by atoms with Crippen molar-refractivity contribution in [1.82, 2.24) is 0 Å². The van der Waals surface area contributed by atoms with Crippen molar-refractivity contribution in [3.63, 3.8) is 0 Å². The van der Waals surface area contributed by atoms with Gasteiger partial charge in [0, 0.05) is 6.61 Å². The molecule has 0 saturated carbocycles. The van der Waals surface area contributed by atoms with Crippen LogP contribution in [0.4, 0.5) is 0 Å². The number of hydrogen-bond acceptors (Lipinski definition) is 5. The summed E-state index contributed by atoms with van der Waals surface area (Å²) in [6.07, 6.45) is 15.6. The summed E-state index contributed by atoms with van der Waals surface area (Å²) in [6.45, 7) is 2.61. The van der Waals surface area contributed by atoms with Crippen molar-refractivity contribution in [2.24, 2.45) is 0 Å². The number of aliphatic hydroxyl groups excluding tert-OH is 3. The van der Waals surface area contributed by atoms with Gasteiger partial charge in [-0.15, -0.1) is 0 Å². The van der Waals surface area contributed by atoms with Crippen LogP contribution in [0.25, 0.3) is 0 Å². The maximum Gasteiger partial charge on any atom is 0.114 e. The Kier molecular flexibility index (Phi) is 15.4. The summed E-state index contributed by atoms with van der Waals surface area (Å²) in [7, 11) is 0. The van der Waals surface area contributed by atoms with Crippen LogP contribution < -0.4 is 0 Å². The third-order valence-corrected chi connectivity index (χ3v) is 5.54. The molecule has 1 rings (SSSR count). The van der Waals surface area contributed by atoms with Gasteiger partial charge in [0.15, 0.2) is 0 Å². The summed E-state index contributed by atoms with van der Waals surface area (Å²) in [4.78, 5) is 0. The van der Waals surface area contributed by atoms with Crippen molar-refractivity contribution < 1.29 is 24.8 Å². The van der Waals surface area contributed by atoms with Crippen LogP contribution in [0.1, 0.15) is 96.8 Å². The second-order valence-electron chi connectivity index (χ2n) is 8.05. The Morgan fingerprint density at radius 2 is 1.33 bits per heavy atom. The summed E-state index contributed by atoms with van der Waals surface area (Å²) in [5, 5.41) is 28.6. The zero-order valence-electron chi connectivity index (χ0n) is 17.5. The molecule has 0 spiro atoms. The highest BCUT2D eigenvalue weighted by Gasteiger charge is 2.40. The van der Waals surface area contributed by atoms with Gasteiger partial charge in [0.1, 0.15) is 24.4 Å². The molecular formula is C22H44O5. The smallest absolute Gasteiger partial charge is 0.114 e. The van der Waals surface area contributed by atoms with Crippen LogP contribution in [0, 0.1) is 0 Å². The molecule has 1 fully saturated rings. The van der Waals surface area contributed by atoms with E-state index in [1.807, 2.05) is 0 Å². The lowest BCUT2D eigenvalue weighted by molar-refractivity contribution is -0.0938. The molecule has 1 aliphatic heterocycles. The fraction of sp³-hybridized carbons (Fsp3) is 1.00. The van der Waals surface area contributed by atoms with Crippen molar-refractivity contribution in [3.8, 4) is 0 Å². The molecule has 1 aliphatic rings. The summed E-state index contributed by atoms with van der Waals surface area (Å²) >= 11 is 0. The minimum atomic E-state index is -0.997. The van der Waals surface area contributed by atoms with E-state index in [0.717, 1.165) is 12.8 Å². The maximum atomic E-state index is 9.88. The zero-order chi connectivity index (χ0) is 19.7. The second kappa shape index (κ2) is 16.7. The topological polar surface area (TPSA) is 79.2 Å². The van der Waals surface area contributed by atoms with E-state index in [0.29, 0.717) is 6.61 Å². The van der Waals surface area contributed by atoms with Crippen LogP contribution >= 0.6 is 0 Å². The van der Waals surface area contributed by atoms with Gasteiger partial charge < -0.3 is 24.8 Å². The molecule has 3 N–H and O–H groups in total. The second-order valence-corrected chi connectivity index (χ2v) is 8.05. The van der Waals surface area contributed by atoms with E-state index in [9.17, 15) is 10.2 Å². The molecule has 0 aliphatic carbocycles. The molecule has 0 unspecified atom stereocenters. The van der Waals surface area contributed by atoms with Gasteiger partial charge in [0.05, 0.1) is 13.2 Å². The lowest BCUT2D eigenvalue weighted by Crippen LogP contribution is -2.42. The van der Waals surface area contributed by atoms with E-state index in [4.69, 9.17) is 14.6 Å². The molecule has 27 heavy (non-hydrogen) atoms. The summed E-state index contributed by atoms with van der Waals surface area (Å²) < 4.78 is 11.0. The normalized spacial score (nSPS) is 23.8. The Balaban J connectivity index is 1.86. The molecule has 0 aromatic carbocycles. The first kappa shape index (κ1) is 24.8. The third-order valence-electron chi connectivity index (χ3n) is 5.54. The van der Waals surface area contributed by atoms with Crippen molar-refractivity contribution in [3.05, 3.63) is 0 Å². The van der Waals surface area contributed by atoms with Crippen LogP contribution in [0.15, 0.2) is 0 Å². The number of unbranched alkanes of at least 4 members (excludes halogenated alkanes) is 13. The van der Waals surface area contributed by atoms with E-state index in [1.165, 1.54) is 77.0 Å². The van der Waals surface area contributed by atoms with Crippen molar-refractivity contribution in [1.29, 1.82) is 0 Å². The monoisotopic (exact) mass is 388 g/mol. The fourth-order valence-electron chi connectivity index (χ4n) is 3.77. The average Bonchev–Trinajstić information content (AvgIpc) is 3.04. The van der Waals surface area contributed by atoms with Gasteiger partial charge in [-0.05, 0) is 6.42 Å². The quantitative estimate of drug-likeness (QED) is 0.310. The standard InChI is InChI=1S/C22H44O5/c1-2-3-4-5-6-7-8-9-10-11-12-13-14-15-16-26-22-20(25)18-27-21(22)19(24)17-23/h19-25H,2-18H2,1H3/t19-,20+,21-,22-/m0/s1. The minimum absolute atomic E-state index is 0.158. The third kappa shape index (κ3) is 11.4. The van der Waals surface area contributed by atoms with Gasteiger partial charge in [0.2, 0.25) is 0 Å². The van der Waals surface area contributed by atoms with E-state index in [1.54, 1.807) is 0 Å². The molecule has 1 heterocycles. The highest BCUT2D eigenvalue weighted by atomic mass is 16.6. The Morgan fingerprint density at radius 3 is 1.81 bits per heavy atom. The molecule has 0 bridgehead atoms. The molecule has 0 aromatic rings. The van der Waals surface area contributed by atoms with Gasteiger partial charge in [-0.25, -0.2) is 0 Å². The number of hydrogen-bond donors (Lipinski definition) is 3. The largest absolute Gasteiger partial charge is 0.394 e. The highest BCUT2D eigenvalue weighted by Crippen LogP contribution is 2.21. The van der Waals surface area contributed by atoms with E-state index < -0.39 is 24.4 Å². The first-order valence-electron chi connectivity index (χ1n) is 11.4. The van der Waals surface area contributed by atoms with E-state index >= 15 is 0 Å². The van der Waals surface area contributed by atoms with Crippen LogP contribution in [0.5, 0.6) is 0 Å². The SMILES string of the molecule is CCCCCCCCCCCCCCCCO[C@@H]1[C@H]([C@@H](O)CO)OC[C@H]1O. The van der Waals surface area contributed by atoms with Gasteiger partial charge in [-0.1, -0.05) is 90.4 Å². The molecule has 0 radical (unpaired) electrons. The van der Waals surface area contributed by atoms with E-state index in [2.05, 4.69) is 6.92 Å². The Labute approximate surface area is 166 Å². The maximum absolute atomic E-state index is 9.88. The predicted molar refractivity (Wildman–Crippen MR) is 109 cm³/mol. The molecule has 4 atom stereocenters. The van der Waals surface area contributed by atoms with Crippen molar-refractivity contribution >= 4 is 0 Å². The lowest BCUT2D eigenvalue weighted by atomic mass is 10.0. The number of ether oxygens (including phenoxy) is 2. The first-order valence-corrected chi connectivity index (χ1v) is 11.4. The number of rotatable bonds is 18. The average molecular weight is 389 g/mol. The molecule has 162 valence electrons. The van der Waals surface area contributed by atoms with Crippen LogP contribution in [-0.4, -0.2) is 59.6 Å². The van der Waals surface area contributed by atoms with Gasteiger partial charge in [-0.3, -0.25) is 0 Å². The lowest BCUT2D eigenvalue weighted by Gasteiger charge is -2.23. The zero-order valence-corrected chi connectivity index (χ0v) is 17.5. The summed E-state index contributed by atoms with van der Waals surface area (Å²) in [5.41, 5.74) is 0.